The molecular weight excluding hydrogens is 244 g/mol. The first-order valence-electron chi connectivity index (χ1n) is 5.98. The highest BCUT2D eigenvalue weighted by atomic mass is 32.1. The number of hydrogen-bond donors (Lipinski definition) is 1. The first-order valence-corrected chi connectivity index (χ1v) is 6.80. The van der Waals surface area contributed by atoms with E-state index in [1.165, 1.54) is 4.88 Å². The lowest BCUT2D eigenvalue weighted by Gasteiger charge is -2.13. The van der Waals surface area contributed by atoms with Crippen molar-refractivity contribution < 1.29 is 0 Å². The van der Waals surface area contributed by atoms with E-state index in [1.54, 1.807) is 11.3 Å². The third-order valence-electron chi connectivity index (χ3n) is 2.66. The van der Waals surface area contributed by atoms with E-state index < -0.39 is 0 Å². The zero-order valence-corrected chi connectivity index (χ0v) is 12.2. The normalized spacial score (nSPS) is 12.5. The second kappa shape index (κ2) is 5.02. The minimum Gasteiger partial charge on any atom is -0.347 e. The van der Waals surface area contributed by atoms with Crippen LogP contribution in [0, 0.1) is 27.7 Å². The molecule has 0 saturated heterocycles. The fourth-order valence-corrected chi connectivity index (χ4v) is 2.93. The van der Waals surface area contributed by atoms with E-state index in [0.29, 0.717) is 5.95 Å². The maximum Gasteiger partial charge on any atom is 0.223 e. The Morgan fingerprint density at radius 1 is 1.06 bits per heavy atom. The summed E-state index contributed by atoms with van der Waals surface area (Å²) in [5, 5.41) is 4.44. The van der Waals surface area contributed by atoms with Gasteiger partial charge in [0, 0.05) is 16.3 Å². The van der Waals surface area contributed by atoms with Crippen molar-refractivity contribution in [3.05, 3.63) is 33.0 Å². The molecule has 2 heterocycles. The van der Waals surface area contributed by atoms with Crippen LogP contribution < -0.4 is 5.32 Å². The van der Waals surface area contributed by atoms with Crippen LogP contribution in [0.5, 0.6) is 0 Å². The van der Waals surface area contributed by atoms with Gasteiger partial charge in [-0.1, -0.05) is 0 Å². The van der Waals surface area contributed by atoms with Crippen LogP contribution in [0.4, 0.5) is 5.95 Å². The molecule has 5 heteroatoms. The van der Waals surface area contributed by atoms with Gasteiger partial charge < -0.3 is 5.32 Å². The lowest BCUT2D eigenvalue weighted by Crippen LogP contribution is -2.10. The van der Waals surface area contributed by atoms with E-state index in [4.69, 9.17) is 0 Å². The van der Waals surface area contributed by atoms with Crippen molar-refractivity contribution >= 4 is 17.3 Å². The average Bonchev–Trinajstić information content (AvgIpc) is 2.56. The summed E-state index contributed by atoms with van der Waals surface area (Å²) in [6.45, 7) is 10.1. The molecule has 1 unspecified atom stereocenters. The van der Waals surface area contributed by atoms with Crippen LogP contribution in [-0.2, 0) is 0 Å². The Balaban J connectivity index is 2.20. The van der Waals surface area contributed by atoms with E-state index in [0.717, 1.165) is 22.1 Å². The van der Waals surface area contributed by atoms with Crippen LogP contribution in [-0.4, -0.2) is 15.0 Å². The molecule has 2 rings (SSSR count). The molecule has 0 bridgehead atoms. The van der Waals surface area contributed by atoms with Gasteiger partial charge in [0.2, 0.25) is 5.95 Å². The highest BCUT2D eigenvalue weighted by molar-refractivity contribution is 7.11. The highest BCUT2D eigenvalue weighted by Gasteiger charge is 2.14. The first-order chi connectivity index (χ1) is 8.45. The third kappa shape index (κ3) is 2.85. The zero-order valence-electron chi connectivity index (χ0n) is 11.4. The molecule has 1 atom stereocenters. The van der Waals surface area contributed by atoms with Gasteiger partial charge in [-0.2, -0.15) is 0 Å². The predicted octanol–water partition coefficient (Wildman–Crippen LogP) is 3.34. The smallest absolute Gasteiger partial charge is 0.223 e. The Labute approximate surface area is 112 Å². The van der Waals surface area contributed by atoms with Crippen molar-refractivity contribution in [3.8, 4) is 0 Å². The first kappa shape index (κ1) is 13.0. The molecule has 18 heavy (non-hydrogen) atoms. The number of aryl methyl sites for hydroxylation is 4. The minimum atomic E-state index is 0.178. The largest absolute Gasteiger partial charge is 0.347 e. The van der Waals surface area contributed by atoms with Gasteiger partial charge in [-0.25, -0.2) is 15.0 Å². The Hall–Kier alpha value is -1.49. The SMILES string of the molecule is Cc1cc(C)nc(NC(C)c2sc(C)nc2C)n1. The van der Waals surface area contributed by atoms with Crippen molar-refractivity contribution in [3.63, 3.8) is 0 Å². The molecule has 2 aromatic rings. The molecule has 2 aromatic heterocycles. The summed E-state index contributed by atoms with van der Waals surface area (Å²) in [4.78, 5) is 14.5. The van der Waals surface area contributed by atoms with E-state index in [-0.39, 0.29) is 6.04 Å². The van der Waals surface area contributed by atoms with Crippen molar-refractivity contribution in [1.29, 1.82) is 0 Å². The highest BCUT2D eigenvalue weighted by Crippen LogP contribution is 2.26. The predicted molar refractivity (Wildman–Crippen MR) is 75.1 cm³/mol. The number of anilines is 1. The number of aromatic nitrogens is 3. The van der Waals surface area contributed by atoms with Crippen LogP contribution >= 0.6 is 11.3 Å². The van der Waals surface area contributed by atoms with E-state index in [9.17, 15) is 0 Å². The molecule has 0 aromatic carbocycles. The van der Waals surface area contributed by atoms with Gasteiger partial charge in [-0.3, -0.25) is 0 Å². The number of nitrogens with one attached hydrogen (secondary N) is 1. The average molecular weight is 262 g/mol. The van der Waals surface area contributed by atoms with Gasteiger partial charge >= 0.3 is 0 Å². The number of rotatable bonds is 3. The molecule has 0 aliphatic carbocycles. The second-order valence-corrected chi connectivity index (χ2v) is 5.76. The summed E-state index contributed by atoms with van der Waals surface area (Å²) in [6, 6.07) is 2.15. The molecule has 0 aliphatic heterocycles. The van der Waals surface area contributed by atoms with Crippen LogP contribution in [0.25, 0.3) is 0 Å². The molecule has 0 saturated carbocycles. The topological polar surface area (TPSA) is 50.7 Å². The quantitative estimate of drug-likeness (QED) is 0.921. The number of nitrogens with zero attached hydrogens (tertiary/aromatic N) is 3. The summed E-state index contributed by atoms with van der Waals surface area (Å²) < 4.78 is 0. The molecule has 0 radical (unpaired) electrons. The maximum atomic E-state index is 4.45. The lowest BCUT2D eigenvalue weighted by atomic mass is 10.2. The monoisotopic (exact) mass is 262 g/mol. The summed E-state index contributed by atoms with van der Waals surface area (Å²) in [5.41, 5.74) is 3.05. The van der Waals surface area contributed by atoms with Gasteiger partial charge in [0.25, 0.3) is 0 Å². The molecule has 0 amide bonds. The fraction of sp³-hybridized carbons (Fsp3) is 0.462. The molecule has 0 aliphatic rings. The molecule has 0 spiro atoms. The van der Waals surface area contributed by atoms with Gasteiger partial charge in [0.15, 0.2) is 0 Å². The maximum absolute atomic E-state index is 4.45. The second-order valence-electron chi connectivity index (χ2n) is 4.52. The fourth-order valence-electron chi connectivity index (χ4n) is 2.00. The number of hydrogen-bond acceptors (Lipinski definition) is 5. The van der Waals surface area contributed by atoms with Gasteiger partial charge in [0.05, 0.1) is 16.7 Å². The molecule has 0 fully saturated rings. The lowest BCUT2D eigenvalue weighted by molar-refractivity contribution is 0.858. The number of thiazole rings is 1. The van der Waals surface area contributed by atoms with Crippen LogP contribution in [0.2, 0.25) is 0 Å². The summed E-state index contributed by atoms with van der Waals surface area (Å²) >= 11 is 1.72. The van der Waals surface area contributed by atoms with Gasteiger partial charge in [0.1, 0.15) is 0 Å². The van der Waals surface area contributed by atoms with Crippen LogP contribution in [0.1, 0.15) is 39.9 Å². The van der Waals surface area contributed by atoms with E-state index >= 15 is 0 Å². The van der Waals surface area contributed by atoms with E-state index in [1.807, 2.05) is 33.8 Å². The van der Waals surface area contributed by atoms with Gasteiger partial charge in [-0.15, -0.1) is 11.3 Å². The summed E-state index contributed by atoms with van der Waals surface area (Å²) in [6.07, 6.45) is 0. The summed E-state index contributed by atoms with van der Waals surface area (Å²) in [5.74, 6) is 0.686. The van der Waals surface area contributed by atoms with Crippen molar-refractivity contribution in [2.75, 3.05) is 5.32 Å². The van der Waals surface area contributed by atoms with Crippen LogP contribution in [0.3, 0.4) is 0 Å². The zero-order chi connectivity index (χ0) is 13.3. The third-order valence-corrected chi connectivity index (χ3v) is 3.92. The minimum absolute atomic E-state index is 0.178. The molecular formula is C13H18N4S. The molecule has 4 nitrogen and oxygen atoms in total. The van der Waals surface area contributed by atoms with Crippen molar-refractivity contribution in [2.45, 2.75) is 40.7 Å². The Kier molecular flexibility index (Phi) is 3.61. The standard InChI is InChI=1S/C13H18N4S/c1-7-6-8(2)15-13(14-7)17-10(4)12-9(3)16-11(5)18-12/h6,10H,1-5H3,(H,14,15,17). The Morgan fingerprint density at radius 2 is 1.67 bits per heavy atom. The van der Waals surface area contributed by atoms with Gasteiger partial charge in [-0.05, 0) is 40.7 Å². The molecule has 1 N–H and O–H groups in total. The van der Waals surface area contributed by atoms with Crippen molar-refractivity contribution in [1.82, 2.24) is 15.0 Å². The Bertz CT molecular complexity index is 542. The molecule has 96 valence electrons. The van der Waals surface area contributed by atoms with E-state index in [2.05, 4.69) is 27.2 Å². The van der Waals surface area contributed by atoms with Crippen molar-refractivity contribution in [2.24, 2.45) is 0 Å². The Morgan fingerprint density at radius 3 is 2.17 bits per heavy atom. The van der Waals surface area contributed by atoms with Crippen LogP contribution in [0.15, 0.2) is 6.07 Å². The summed E-state index contributed by atoms with van der Waals surface area (Å²) in [7, 11) is 0.